The van der Waals surface area contributed by atoms with Gasteiger partial charge < -0.3 is 5.32 Å². The predicted molar refractivity (Wildman–Crippen MR) is 54.2 cm³/mol. The summed E-state index contributed by atoms with van der Waals surface area (Å²) < 4.78 is 12.9. The third kappa shape index (κ3) is 2.79. The number of piperidine rings is 1. The standard InChI is InChI=1S/C9H17FN2.ClH/c10-8-3-5-12(7-8)9-2-1-4-11-6-9;/h8-9,11H,1-7H2;1H. The Morgan fingerprint density at radius 2 is 2.15 bits per heavy atom. The molecule has 0 aromatic rings. The molecule has 0 aliphatic carbocycles. The van der Waals surface area contributed by atoms with Crippen molar-refractivity contribution in [3.8, 4) is 0 Å². The van der Waals surface area contributed by atoms with Gasteiger partial charge in [0.15, 0.2) is 0 Å². The lowest BCUT2D eigenvalue weighted by Crippen LogP contribution is -2.45. The molecule has 0 spiro atoms. The fourth-order valence-electron chi connectivity index (χ4n) is 2.22. The van der Waals surface area contributed by atoms with Gasteiger partial charge in [0.25, 0.3) is 0 Å². The topological polar surface area (TPSA) is 15.3 Å². The highest BCUT2D eigenvalue weighted by Crippen LogP contribution is 2.18. The van der Waals surface area contributed by atoms with E-state index in [0.717, 1.165) is 26.1 Å². The Morgan fingerprint density at radius 3 is 2.69 bits per heavy atom. The second-order valence-electron chi connectivity index (χ2n) is 3.88. The number of likely N-dealkylation sites (tertiary alicyclic amines) is 1. The van der Waals surface area contributed by atoms with Crippen molar-refractivity contribution in [2.24, 2.45) is 0 Å². The third-order valence-corrected chi connectivity index (χ3v) is 2.95. The lowest BCUT2D eigenvalue weighted by Gasteiger charge is -2.31. The maximum Gasteiger partial charge on any atom is 0.114 e. The minimum absolute atomic E-state index is 0. The Bertz CT molecular complexity index is 148. The molecule has 78 valence electrons. The predicted octanol–water partition coefficient (Wildman–Crippen LogP) is 1.20. The van der Waals surface area contributed by atoms with Gasteiger partial charge in [-0.1, -0.05) is 0 Å². The number of rotatable bonds is 1. The molecule has 2 unspecified atom stereocenters. The van der Waals surface area contributed by atoms with E-state index in [1.54, 1.807) is 0 Å². The first kappa shape index (κ1) is 11.2. The van der Waals surface area contributed by atoms with Crippen molar-refractivity contribution in [1.29, 1.82) is 0 Å². The second kappa shape index (κ2) is 5.13. The van der Waals surface area contributed by atoms with Crippen LogP contribution in [0.15, 0.2) is 0 Å². The third-order valence-electron chi connectivity index (χ3n) is 2.95. The van der Waals surface area contributed by atoms with E-state index >= 15 is 0 Å². The summed E-state index contributed by atoms with van der Waals surface area (Å²) in [6, 6.07) is 0.611. The van der Waals surface area contributed by atoms with Crippen molar-refractivity contribution in [3.63, 3.8) is 0 Å². The highest BCUT2D eigenvalue weighted by atomic mass is 35.5. The fraction of sp³-hybridized carbons (Fsp3) is 1.00. The van der Waals surface area contributed by atoms with Crippen molar-refractivity contribution in [1.82, 2.24) is 10.2 Å². The molecule has 0 radical (unpaired) electrons. The lowest BCUT2D eigenvalue weighted by molar-refractivity contribution is 0.188. The molecule has 2 aliphatic rings. The molecule has 0 saturated carbocycles. The van der Waals surface area contributed by atoms with Crippen LogP contribution in [0.4, 0.5) is 4.39 Å². The molecular weight excluding hydrogens is 191 g/mol. The number of alkyl halides is 1. The molecule has 2 aliphatic heterocycles. The van der Waals surface area contributed by atoms with E-state index in [4.69, 9.17) is 0 Å². The summed E-state index contributed by atoms with van der Waals surface area (Å²) >= 11 is 0. The molecule has 2 heterocycles. The van der Waals surface area contributed by atoms with Gasteiger partial charge in [-0.3, -0.25) is 4.90 Å². The maximum atomic E-state index is 12.9. The zero-order valence-electron chi connectivity index (χ0n) is 7.84. The summed E-state index contributed by atoms with van der Waals surface area (Å²) in [4.78, 5) is 2.30. The van der Waals surface area contributed by atoms with Crippen LogP contribution in [0.1, 0.15) is 19.3 Å². The van der Waals surface area contributed by atoms with Gasteiger partial charge in [-0.15, -0.1) is 12.4 Å². The molecule has 13 heavy (non-hydrogen) atoms. The second-order valence-corrected chi connectivity index (χ2v) is 3.88. The maximum absolute atomic E-state index is 12.9. The molecule has 2 rings (SSSR count). The number of nitrogens with zero attached hydrogens (tertiary/aromatic N) is 1. The smallest absolute Gasteiger partial charge is 0.114 e. The average Bonchev–Trinajstić information content (AvgIpc) is 2.54. The van der Waals surface area contributed by atoms with E-state index in [2.05, 4.69) is 10.2 Å². The average molecular weight is 209 g/mol. The molecule has 0 amide bonds. The van der Waals surface area contributed by atoms with Crippen LogP contribution in [0.5, 0.6) is 0 Å². The molecule has 2 saturated heterocycles. The lowest BCUT2D eigenvalue weighted by atomic mass is 10.1. The fourth-order valence-corrected chi connectivity index (χ4v) is 2.22. The largest absolute Gasteiger partial charge is 0.315 e. The molecule has 2 nitrogen and oxygen atoms in total. The SMILES string of the molecule is Cl.FC1CCN(C2CCCNC2)C1. The van der Waals surface area contributed by atoms with Gasteiger partial charge >= 0.3 is 0 Å². The number of hydrogen-bond acceptors (Lipinski definition) is 2. The quantitative estimate of drug-likeness (QED) is 0.697. The van der Waals surface area contributed by atoms with E-state index in [1.165, 1.54) is 12.8 Å². The zero-order chi connectivity index (χ0) is 8.39. The summed E-state index contributed by atoms with van der Waals surface area (Å²) in [5.74, 6) is 0. The van der Waals surface area contributed by atoms with Gasteiger partial charge in [-0.2, -0.15) is 0 Å². The van der Waals surface area contributed by atoms with Crippen LogP contribution < -0.4 is 5.32 Å². The van der Waals surface area contributed by atoms with Crippen LogP contribution in [0.3, 0.4) is 0 Å². The minimum Gasteiger partial charge on any atom is -0.315 e. The summed E-state index contributed by atoms with van der Waals surface area (Å²) in [7, 11) is 0. The Morgan fingerprint density at radius 1 is 1.31 bits per heavy atom. The molecule has 0 aromatic heterocycles. The first-order valence-electron chi connectivity index (χ1n) is 4.95. The zero-order valence-corrected chi connectivity index (χ0v) is 8.65. The summed E-state index contributed by atoms with van der Waals surface area (Å²) in [5, 5.41) is 3.36. The molecule has 4 heteroatoms. The van der Waals surface area contributed by atoms with E-state index in [0.29, 0.717) is 12.6 Å². The Hall–Kier alpha value is 0.140. The van der Waals surface area contributed by atoms with Crippen molar-refractivity contribution in [2.75, 3.05) is 26.2 Å². The highest BCUT2D eigenvalue weighted by Gasteiger charge is 2.28. The molecule has 2 fully saturated rings. The first-order valence-corrected chi connectivity index (χ1v) is 4.95. The summed E-state index contributed by atoms with van der Waals surface area (Å²) in [6.07, 6.45) is 2.68. The molecule has 2 atom stereocenters. The minimum atomic E-state index is -0.563. The Labute approximate surface area is 85.3 Å². The monoisotopic (exact) mass is 208 g/mol. The van der Waals surface area contributed by atoms with Crippen LogP contribution in [0.2, 0.25) is 0 Å². The van der Waals surface area contributed by atoms with Crippen molar-refractivity contribution in [3.05, 3.63) is 0 Å². The van der Waals surface area contributed by atoms with Gasteiger partial charge in [0.1, 0.15) is 6.17 Å². The van der Waals surface area contributed by atoms with Crippen molar-refractivity contribution < 1.29 is 4.39 Å². The summed E-state index contributed by atoms with van der Waals surface area (Å²) in [5.41, 5.74) is 0. The Kier molecular flexibility index (Phi) is 4.42. The van der Waals surface area contributed by atoms with Crippen LogP contribution in [0, 0.1) is 0 Å². The van der Waals surface area contributed by atoms with Crippen molar-refractivity contribution >= 4 is 12.4 Å². The van der Waals surface area contributed by atoms with Crippen molar-refractivity contribution in [2.45, 2.75) is 31.5 Å². The van der Waals surface area contributed by atoms with Crippen LogP contribution in [-0.4, -0.2) is 43.3 Å². The van der Waals surface area contributed by atoms with E-state index in [-0.39, 0.29) is 12.4 Å². The van der Waals surface area contributed by atoms with E-state index in [9.17, 15) is 4.39 Å². The van der Waals surface area contributed by atoms with Crippen LogP contribution in [-0.2, 0) is 0 Å². The van der Waals surface area contributed by atoms with Crippen LogP contribution >= 0.6 is 12.4 Å². The molecule has 1 N–H and O–H groups in total. The van der Waals surface area contributed by atoms with E-state index < -0.39 is 6.17 Å². The van der Waals surface area contributed by atoms with Crippen LogP contribution in [0.25, 0.3) is 0 Å². The van der Waals surface area contributed by atoms with Gasteiger partial charge in [0.05, 0.1) is 0 Å². The summed E-state index contributed by atoms with van der Waals surface area (Å²) in [6.45, 7) is 3.84. The van der Waals surface area contributed by atoms with Gasteiger partial charge in [0, 0.05) is 25.7 Å². The molecular formula is C9H18ClFN2. The Balaban J connectivity index is 0.000000845. The van der Waals surface area contributed by atoms with Gasteiger partial charge in [0.2, 0.25) is 0 Å². The number of halogens is 2. The molecule has 0 aromatic carbocycles. The number of nitrogens with one attached hydrogen (secondary N) is 1. The normalized spacial score (nSPS) is 35.8. The highest BCUT2D eigenvalue weighted by molar-refractivity contribution is 5.85. The molecule has 0 bridgehead atoms. The number of hydrogen-bond donors (Lipinski definition) is 1. The van der Waals surface area contributed by atoms with Gasteiger partial charge in [-0.25, -0.2) is 4.39 Å². The van der Waals surface area contributed by atoms with Gasteiger partial charge in [-0.05, 0) is 25.8 Å². The first-order chi connectivity index (χ1) is 5.86. The van der Waals surface area contributed by atoms with E-state index in [1.807, 2.05) is 0 Å².